The van der Waals surface area contributed by atoms with Crippen LogP contribution in [0.15, 0.2) is 15.8 Å². The molecule has 1 saturated heterocycles. The van der Waals surface area contributed by atoms with Crippen molar-refractivity contribution in [3.8, 4) is 0 Å². The zero-order valence-corrected chi connectivity index (χ0v) is 12.9. The molecule has 2 heterocycles. The third kappa shape index (κ3) is 3.96. The van der Waals surface area contributed by atoms with Crippen LogP contribution in [0, 0.1) is 0 Å². The Kier molecular flexibility index (Phi) is 5.21. The van der Waals surface area contributed by atoms with E-state index in [4.69, 9.17) is 14.5 Å². The molecule has 0 spiro atoms. The highest BCUT2D eigenvalue weighted by Crippen LogP contribution is 2.38. The van der Waals surface area contributed by atoms with E-state index in [0.29, 0.717) is 6.42 Å². The Hall–Kier alpha value is -1.33. The molecule has 5 N–H and O–H groups in total. The number of phosphoric acid groups is 1. The van der Waals surface area contributed by atoms with Gasteiger partial charge < -0.3 is 24.7 Å². The Morgan fingerprint density at radius 3 is 2.57 bits per heavy atom. The van der Waals surface area contributed by atoms with Crippen molar-refractivity contribution >= 4 is 7.82 Å². The van der Waals surface area contributed by atoms with Gasteiger partial charge in [-0.25, -0.2) is 9.36 Å². The predicted molar refractivity (Wildman–Crippen MR) is 74.6 cm³/mol. The maximum atomic E-state index is 11.9. The number of ether oxygens (including phenoxy) is 1. The van der Waals surface area contributed by atoms with Crippen molar-refractivity contribution < 1.29 is 33.8 Å². The summed E-state index contributed by atoms with van der Waals surface area (Å²) in [7, 11) is -4.77. The summed E-state index contributed by atoms with van der Waals surface area (Å²) in [5, 5.41) is 19.9. The van der Waals surface area contributed by atoms with Crippen LogP contribution in [0.1, 0.15) is 18.7 Å². The molecular formula is C11H17N2O9P. The van der Waals surface area contributed by atoms with Gasteiger partial charge in [0.05, 0.1) is 6.61 Å². The average Bonchev–Trinajstić information content (AvgIpc) is 2.73. The minimum atomic E-state index is -4.77. The van der Waals surface area contributed by atoms with E-state index in [1.807, 2.05) is 0 Å². The van der Waals surface area contributed by atoms with Crippen LogP contribution in [0.3, 0.4) is 0 Å². The van der Waals surface area contributed by atoms with Gasteiger partial charge in [-0.1, -0.05) is 6.92 Å². The number of nitrogens with one attached hydrogen (secondary N) is 1. The number of H-pyrrole nitrogens is 1. The summed E-state index contributed by atoms with van der Waals surface area (Å²) in [4.78, 5) is 42.7. The number of phosphoric ester groups is 1. The summed E-state index contributed by atoms with van der Waals surface area (Å²) < 4.78 is 21.1. The van der Waals surface area contributed by atoms with E-state index in [1.54, 1.807) is 6.92 Å². The summed E-state index contributed by atoms with van der Waals surface area (Å²) in [6.45, 7) is 1.01. The monoisotopic (exact) mass is 352 g/mol. The lowest BCUT2D eigenvalue weighted by Gasteiger charge is -2.17. The topological polar surface area (TPSA) is 171 Å². The van der Waals surface area contributed by atoms with Gasteiger partial charge in [0.1, 0.15) is 18.3 Å². The first kappa shape index (κ1) is 18.0. The number of nitrogens with zero attached hydrogens (tertiary/aromatic N) is 1. The third-order valence-corrected chi connectivity index (χ3v) is 3.93. The summed E-state index contributed by atoms with van der Waals surface area (Å²) in [6.07, 6.45) is -4.14. The van der Waals surface area contributed by atoms with Gasteiger partial charge in [-0.15, -0.1) is 0 Å². The quantitative estimate of drug-likeness (QED) is 0.370. The molecule has 0 aliphatic carbocycles. The second-order valence-electron chi connectivity index (χ2n) is 5.01. The Labute approximate surface area is 129 Å². The molecule has 0 unspecified atom stereocenters. The number of aryl methyl sites for hydroxylation is 1. The fraction of sp³-hybridized carbons (Fsp3) is 0.636. The Bertz CT molecular complexity index is 723. The van der Waals surface area contributed by atoms with E-state index in [1.165, 1.54) is 6.20 Å². The fourth-order valence-corrected chi connectivity index (χ4v) is 2.58. The van der Waals surface area contributed by atoms with E-state index in [0.717, 1.165) is 4.57 Å². The summed E-state index contributed by atoms with van der Waals surface area (Å²) in [6, 6.07) is 0. The molecule has 0 bridgehead atoms. The molecule has 0 radical (unpaired) electrons. The molecule has 23 heavy (non-hydrogen) atoms. The van der Waals surface area contributed by atoms with E-state index in [9.17, 15) is 24.4 Å². The van der Waals surface area contributed by atoms with Crippen LogP contribution < -0.4 is 11.2 Å². The number of aromatic amines is 1. The molecule has 11 nitrogen and oxygen atoms in total. The van der Waals surface area contributed by atoms with Crippen molar-refractivity contribution in [1.82, 2.24) is 9.55 Å². The van der Waals surface area contributed by atoms with Crippen molar-refractivity contribution in [3.05, 3.63) is 32.6 Å². The maximum Gasteiger partial charge on any atom is 0.469 e. The summed E-state index contributed by atoms with van der Waals surface area (Å²) >= 11 is 0. The first-order valence-corrected chi connectivity index (χ1v) is 8.23. The van der Waals surface area contributed by atoms with Crippen molar-refractivity contribution in [3.63, 3.8) is 0 Å². The van der Waals surface area contributed by atoms with Crippen LogP contribution in [-0.2, 0) is 20.2 Å². The first-order chi connectivity index (χ1) is 10.6. The maximum absolute atomic E-state index is 11.9. The van der Waals surface area contributed by atoms with Gasteiger partial charge in [-0.05, 0) is 6.42 Å². The highest BCUT2D eigenvalue weighted by molar-refractivity contribution is 7.46. The number of hydrogen-bond donors (Lipinski definition) is 5. The van der Waals surface area contributed by atoms with Crippen LogP contribution >= 0.6 is 7.82 Å². The minimum absolute atomic E-state index is 0.268. The second kappa shape index (κ2) is 6.65. The van der Waals surface area contributed by atoms with Gasteiger partial charge in [0, 0.05) is 11.8 Å². The normalized spacial score (nSPS) is 28.2. The van der Waals surface area contributed by atoms with Crippen molar-refractivity contribution in [2.24, 2.45) is 0 Å². The van der Waals surface area contributed by atoms with Crippen LogP contribution in [0.4, 0.5) is 0 Å². The Balaban J connectivity index is 2.26. The minimum Gasteiger partial charge on any atom is -0.387 e. The molecule has 1 aliphatic heterocycles. The number of aromatic nitrogens is 2. The molecule has 4 atom stereocenters. The highest BCUT2D eigenvalue weighted by Gasteiger charge is 2.45. The van der Waals surface area contributed by atoms with Gasteiger partial charge in [-0.2, -0.15) is 0 Å². The van der Waals surface area contributed by atoms with Crippen LogP contribution in [-0.4, -0.2) is 54.5 Å². The van der Waals surface area contributed by atoms with Crippen LogP contribution in [0.5, 0.6) is 0 Å². The molecule has 1 aromatic rings. The Morgan fingerprint density at radius 1 is 1.35 bits per heavy atom. The van der Waals surface area contributed by atoms with Crippen molar-refractivity contribution in [2.45, 2.75) is 37.9 Å². The van der Waals surface area contributed by atoms with Crippen molar-refractivity contribution in [1.29, 1.82) is 0 Å². The number of aliphatic hydroxyl groups excluding tert-OH is 2. The predicted octanol–water partition coefficient (Wildman–Crippen LogP) is -2.17. The molecule has 2 rings (SSSR count). The lowest BCUT2D eigenvalue weighted by molar-refractivity contribution is -0.0544. The molecule has 1 fully saturated rings. The lowest BCUT2D eigenvalue weighted by Crippen LogP contribution is -2.38. The van der Waals surface area contributed by atoms with Gasteiger partial charge >= 0.3 is 13.5 Å². The number of hydrogen-bond acceptors (Lipinski definition) is 7. The van der Waals surface area contributed by atoms with Crippen LogP contribution in [0.2, 0.25) is 0 Å². The highest BCUT2D eigenvalue weighted by atomic mass is 31.2. The molecule has 130 valence electrons. The molecule has 0 saturated carbocycles. The first-order valence-electron chi connectivity index (χ1n) is 6.70. The number of aliphatic hydroxyl groups is 2. The van der Waals surface area contributed by atoms with E-state index >= 15 is 0 Å². The zero-order valence-electron chi connectivity index (χ0n) is 12.0. The molecule has 12 heteroatoms. The van der Waals surface area contributed by atoms with Gasteiger partial charge in [0.15, 0.2) is 6.23 Å². The molecular weight excluding hydrogens is 335 g/mol. The third-order valence-electron chi connectivity index (χ3n) is 3.44. The summed E-state index contributed by atoms with van der Waals surface area (Å²) in [5.74, 6) is 0. The van der Waals surface area contributed by atoms with E-state index < -0.39 is 50.2 Å². The SMILES string of the molecule is CCc1cn([C@@H]2O[C@H](COP(=O)(O)O)[C@@H](O)[C@H]2O)c(=O)[nH]c1=O. The van der Waals surface area contributed by atoms with Gasteiger partial charge in [0.2, 0.25) is 0 Å². The molecule has 1 aromatic heterocycles. The lowest BCUT2D eigenvalue weighted by atomic mass is 10.1. The Morgan fingerprint density at radius 2 is 2.00 bits per heavy atom. The fourth-order valence-electron chi connectivity index (χ4n) is 2.24. The van der Waals surface area contributed by atoms with Gasteiger partial charge in [-0.3, -0.25) is 18.9 Å². The van der Waals surface area contributed by atoms with Crippen LogP contribution in [0.25, 0.3) is 0 Å². The average molecular weight is 352 g/mol. The zero-order chi connectivity index (χ0) is 17.4. The molecule has 0 amide bonds. The van der Waals surface area contributed by atoms with E-state index in [-0.39, 0.29) is 5.56 Å². The second-order valence-corrected chi connectivity index (χ2v) is 6.25. The smallest absolute Gasteiger partial charge is 0.387 e. The standard InChI is InChI=1S/C11H17N2O9P/c1-2-5-3-13(11(17)12-9(5)16)10-8(15)7(14)6(22-10)4-21-23(18,19)20/h3,6-8,10,14-15H,2,4H2,1H3,(H,12,16,17)(H2,18,19,20)/t6-,7-,8-,10-/m1/s1. The molecule has 0 aromatic carbocycles. The van der Waals surface area contributed by atoms with Crippen molar-refractivity contribution in [2.75, 3.05) is 6.61 Å². The number of rotatable bonds is 5. The largest absolute Gasteiger partial charge is 0.469 e. The molecule has 1 aliphatic rings. The van der Waals surface area contributed by atoms with E-state index in [2.05, 4.69) is 9.51 Å². The van der Waals surface area contributed by atoms with Gasteiger partial charge in [0.25, 0.3) is 5.56 Å². The summed E-state index contributed by atoms with van der Waals surface area (Å²) in [5.41, 5.74) is -1.15.